The number of benzene rings is 1. The van der Waals surface area contributed by atoms with E-state index in [-0.39, 0.29) is 23.3 Å². The molecule has 2 N–H and O–H groups in total. The Hall–Kier alpha value is -1.13. The first-order chi connectivity index (χ1) is 9.00. The Morgan fingerprint density at radius 1 is 1.50 bits per heavy atom. The topological polar surface area (TPSA) is 87.2 Å². The molecule has 5 nitrogen and oxygen atoms in total. The summed E-state index contributed by atoms with van der Waals surface area (Å²) in [7, 11) is -3.51. The number of halogens is 1. The van der Waals surface area contributed by atoms with E-state index in [9.17, 15) is 8.42 Å². The van der Waals surface area contributed by atoms with E-state index in [1.807, 2.05) is 6.07 Å². The summed E-state index contributed by atoms with van der Waals surface area (Å²) in [5, 5.41) is 8.82. The molecule has 1 unspecified atom stereocenters. The zero-order valence-electron chi connectivity index (χ0n) is 11.2. The SMILES string of the molecule is Cc1cc(C#N)ccc1S(=O)(=O)N1CCCC1CN.Cl. The summed E-state index contributed by atoms with van der Waals surface area (Å²) < 4.78 is 26.7. The fourth-order valence-corrected chi connectivity index (χ4v) is 4.41. The molecule has 0 radical (unpaired) electrons. The Morgan fingerprint density at radius 2 is 2.20 bits per heavy atom. The number of nitrogens with two attached hydrogens (primary N) is 1. The molecule has 1 aliphatic heterocycles. The van der Waals surface area contributed by atoms with Crippen molar-refractivity contribution in [1.82, 2.24) is 4.31 Å². The van der Waals surface area contributed by atoms with E-state index in [4.69, 9.17) is 11.0 Å². The maximum absolute atomic E-state index is 12.6. The molecule has 1 fully saturated rings. The minimum atomic E-state index is -3.51. The van der Waals surface area contributed by atoms with E-state index < -0.39 is 10.0 Å². The fraction of sp³-hybridized carbons (Fsp3) is 0.462. The van der Waals surface area contributed by atoms with Gasteiger partial charge in [0, 0.05) is 19.1 Å². The van der Waals surface area contributed by atoms with Crippen molar-refractivity contribution in [1.29, 1.82) is 5.26 Å². The zero-order valence-corrected chi connectivity index (χ0v) is 12.9. The third-order valence-corrected chi connectivity index (χ3v) is 5.60. The van der Waals surface area contributed by atoms with Gasteiger partial charge < -0.3 is 5.73 Å². The van der Waals surface area contributed by atoms with Crippen LogP contribution in [0.15, 0.2) is 23.1 Å². The third kappa shape index (κ3) is 2.96. The lowest BCUT2D eigenvalue weighted by Crippen LogP contribution is -2.40. The van der Waals surface area contributed by atoms with Crippen molar-refractivity contribution >= 4 is 22.4 Å². The van der Waals surface area contributed by atoms with Gasteiger partial charge in [-0.3, -0.25) is 0 Å². The molecule has 2 rings (SSSR count). The number of hydrogen-bond donors (Lipinski definition) is 1. The molecule has 110 valence electrons. The standard InChI is InChI=1S/C13H17N3O2S.ClH/c1-10-7-11(8-14)4-5-13(10)19(17,18)16-6-2-3-12(16)9-15;/h4-5,7,12H,2-3,6,9,15H2,1H3;1H. The monoisotopic (exact) mass is 315 g/mol. The van der Waals surface area contributed by atoms with Gasteiger partial charge in [-0.25, -0.2) is 8.42 Å². The maximum Gasteiger partial charge on any atom is 0.243 e. The highest BCUT2D eigenvalue weighted by molar-refractivity contribution is 7.89. The van der Waals surface area contributed by atoms with Crippen molar-refractivity contribution in [2.24, 2.45) is 5.73 Å². The summed E-state index contributed by atoms with van der Waals surface area (Å²) in [5.41, 5.74) is 6.70. The van der Waals surface area contributed by atoms with Crippen LogP contribution in [0.4, 0.5) is 0 Å². The van der Waals surface area contributed by atoms with Crippen LogP contribution in [-0.4, -0.2) is 31.9 Å². The van der Waals surface area contributed by atoms with Gasteiger partial charge in [0.05, 0.1) is 16.5 Å². The predicted octanol–water partition coefficient (Wildman–Crippen LogP) is 1.40. The Labute approximate surface area is 125 Å². The highest BCUT2D eigenvalue weighted by Gasteiger charge is 2.35. The molecular weight excluding hydrogens is 298 g/mol. The van der Waals surface area contributed by atoms with Crippen LogP contribution in [0.1, 0.15) is 24.0 Å². The van der Waals surface area contributed by atoms with Gasteiger partial charge in [0.1, 0.15) is 0 Å². The van der Waals surface area contributed by atoms with Gasteiger partial charge in [0.25, 0.3) is 0 Å². The Bertz CT molecular complexity index is 625. The van der Waals surface area contributed by atoms with Gasteiger partial charge >= 0.3 is 0 Å². The average Bonchev–Trinajstić information content (AvgIpc) is 2.87. The molecular formula is C13H18ClN3O2S. The van der Waals surface area contributed by atoms with Crippen LogP contribution < -0.4 is 5.73 Å². The van der Waals surface area contributed by atoms with Gasteiger partial charge in [-0.15, -0.1) is 12.4 Å². The number of rotatable bonds is 3. The first-order valence-electron chi connectivity index (χ1n) is 6.23. The Morgan fingerprint density at radius 3 is 2.75 bits per heavy atom. The molecule has 1 aromatic rings. The summed E-state index contributed by atoms with van der Waals surface area (Å²) in [6.07, 6.45) is 1.65. The number of nitrogens with zero attached hydrogens (tertiary/aromatic N) is 2. The van der Waals surface area contributed by atoms with Crippen molar-refractivity contribution < 1.29 is 8.42 Å². The summed E-state index contributed by atoms with van der Waals surface area (Å²) >= 11 is 0. The molecule has 1 aromatic carbocycles. The van der Waals surface area contributed by atoms with Crippen LogP contribution in [0.2, 0.25) is 0 Å². The van der Waals surface area contributed by atoms with Crippen molar-refractivity contribution in [3.8, 4) is 6.07 Å². The number of nitriles is 1. The second-order valence-corrected chi connectivity index (χ2v) is 6.60. The molecule has 1 atom stereocenters. The van der Waals surface area contributed by atoms with Crippen LogP contribution in [0, 0.1) is 18.3 Å². The summed E-state index contributed by atoms with van der Waals surface area (Å²) in [6.45, 7) is 2.57. The van der Waals surface area contributed by atoms with E-state index in [1.165, 1.54) is 16.4 Å². The Kier molecular flexibility index (Phi) is 5.54. The highest BCUT2D eigenvalue weighted by Crippen LogP contribution is 2.27. The quantitative estimate of drug-likeness (QED) is 0.913. The van der Waals surface area contributed by atoms with Crippen LogP contribution in [0.3, 0.4) is 0 Å². The maximum atomic E-state index is 12.6. The molecule has 0 aromatic heterocycles. The largest absolute Gasteiger partial charge is 0.329 e. The second-order valence-electron chi connectivity index (χ2n) is 4.74. The summed E-state index contributed by atoms with van der Waals surface area (Å²) in [4.78, 5) is 0.270. The molecule has 7 heteroatoms. The summed E-state index contributed by atoms with van der Waals surface area (Å²) in [5.74, 6) is 0. The molecule has 20 heavy (non-hydrogen) atoms. The molecule has 0 amide bonds. The fourth-order valence-electron chi connectivity index (χ4n) is 2.50. The Balaban J connectivity index is 0.00000200. The molecule has 0 saturated carbocycles. The van der Waals surface area contributed by atoms with Crippen LogP contribution in [0.25, 0.3) is 0 Å². The smallest absolute Gasteiger partial charge is 0.243 e. The minimum absolute atomic E-state index is 0. The van der Waals surface area contributed by atoms with Crippen molar-refractivity contribution in [3.63, 3.8) is 0 Å². The second kappa shape index (κ2) is 6.55. The molecule has 1 aliphatic rings. The number of aryl methyl sites for hydroxylation is 1. The molecule has 0 bridgehead atoms. The van der Waals surface area contributed by atoms with Crippen LogP contribution in [0.5, 0.6) is 0 Å². The molecule has 1 saturated heterocycles. The molecule has 0 aliphatic carbocycles. The molecule has 1 heterocycles. The van der Waals surface area contributed by atoms with E-state index in [1.54, 1.807) is 13.0 Å². The van der Waals surface area contributed by atoms with Gasteiger partial charge in [0.2, 0.25) is 10.0 Å². The van der Waals surface area contributed by atoms with Crippen molar-refractivity contribution in [2.45, 2.75) is 30.7 Å². The van der Waals surface area contributed by atoms with Crippen LogP contribution in [-0.2, 0) is 10.0 Å². The summed E-state index contributed by atoms with van der Waals surface area (Å²) in [6, 6.07) is 6.54. The first kappa shape index (κ1) is 16.9. The lowest BCUT2D eigenvalue weighted by molar-refractivity contribution is 0.393. The van der Waals surface area contributed by atoms with E-state index in [2.05, 4.69) is 0 Å². The van der Waals surface area contributed by atoms with Gasteiger partial charge in [-0.1, -0.05) is 0 Å². The van der Waals surface area contributed by atoms with Crippen molar-refractivity contribution in [3.05, 3.63) is 29.3 Å². The third-order valence-electron chi connectivity index (χ3n) is 3.49. The van der Waals surface area contributed by atoms with E-state index in [0.717, 1.165) is 12.8 Å². The molecule has 0 spiro atoms. The highest BCUT2D eigenvalue weighted by atomic mass is 35.5. The zero-order chi connectivity index (χ0) is 14.0. The van der Waals surface area contributed by atoms with Crippen LogP contribution >= 0.6 is 12.4 Å². The van der Waals surface area contributed by atoms with Gasteiger partial charge in [-0.05, 0) is 43.5 Å². The van der Waals surface area contributed by atoms with E-state index >= 15 is 0 Å². The van der Waals surface area contributed by atoms with Gasteiger partial charge in [-0.2, -0.15) is 9.57 Å². The first-order valence-corrected chi connectivity index (χ1v) is 7.67. The number of hydrogen-bond acceptors (Lipinski definition) is 4. The number of sulfonamides is 1. The minimum Gasteiger partial charge on any atom is -0.329 e. The normalized spacial score (nSPS) is 19.4. The van der Waals surface area contributed by atoms with Crippen molar-refractivity contribution in [2.75, 3.05) is 13.1 Å². The average molecular weight is 316 g/mol. The van der Waals surface area contributed by atoms with Gasteiger partial charge in [0.15, 0.2) is 0 Å². The van der Waals surface area contributed by atoms with E-state index in [0.29, 0.717) is 24.2 Å². The predicted molar refractivity (Wildman–Crippen MR) is 79.1 cm³/mol. The lowest BCUT2D eigenvalue weighted by Gasteiger charge is -2.23. The lowest BCUT2D eigenvalue weighted by atomic mass is 10.2.